The molecule has 1 aliphatic heterocycles. The Morgan fingerprint density at radius 1 is 1.22 bits per heavy atom. The van der Waals surface area contributed by atoms with Gasteiger partial charge in [0.2, 0.25) is 6.79 Å². The van der Waals surface area contributed by atoms with Crippen molar-refractivity contribution in [2.24, 2.45) is 0 Å². The van der Waals surface area contributed by atoms with Gasteiger partial charge in [0.1, 0.15) is 0 Å². The van der Waals surface area contributed by atoms with Crippen LogP contribution in [0.1, 0.15) is 17.3 Å². The van der Waals surface area contributed by atoms with Crippen molar-refractivity contribution >= 4 is 23.3 Å². The zero-order chi connectivity index (χ0) is 13.3. The molecular formula is C11H9NO6. The van der Waals surface area contributed by atoms with Crippen LogP contribution in [0.15, 0.2) is 12.1 Å². The smallest absolute Gasteiger partial charge is 0.394 e. The molecule has 0 atom stereocenters. The maximum absolute atomic E-state index is 11.4. The lowest BCUT2D eigenvalue weighted by molar-refractivity contribution is -0.147. The molecule has 1 aliphatic rings. The molecule has 18 heavy (non-hydrogen) atoms. The summed E-state index contributed by atoms with van der Waals surface area (Å²) in [5.41, 5.74) is 0.244. The summed E-state index contributed by atoms with van der Waals surface area (Å²) in [7, 11) is 0. The van der Waals surface area contributed by atoms with Crippen molar-refractivity contribution < 1.29 is 29.0 Å². The number of anilines is 1. The quantitative estimate of drug-likeness (QED) is 0.590. The second-order valence-corrected chi connectivity index (χ2v) is 3.57. The number of ketones is 1. The fraction of sp³-hybridized carbons (Fsp3) is 0.182. The number of hydrogen-bond acceptors (Lipinski definition) is 5. The van der Waals surface area contributed by atoms with Crippen LogP contribution in [0.4, 0.5) is 5.69 Å². The van der Waals surface area contributed by atoms with Crippen molar-refractivity contribution in [2.75, 3.05) is 12.1 Å². The molecule has 0 bridgehead atoms. The summed E-state index contributed by atoms with van der Waals surface area (Å²) in [5, 5.41) is 10.6. The highest BCUT2D eigenvalue weighted by Gasteiger charge is 2.21. The number of amides is 1. The van der Waals surface area contributed by atoms with Crippen LogP contribution < -0.4 is 14.8 Å². The predicted octanol–water partition coefficient (Wildman–Crippen LogP) is 0.641. The Bertz CT molecular complexity index is 551. The summed E-state index contributed by atoms with van der Waals surface area (Å²) in [4.78, 5) is 33.0. The van der Waals surface area contributed by atoms with Gasteiger partial charge in [-0.05, 0) is 13.0 Å². The molecule has 0 fully saturated rings. The van der Waals surface area contributed by atoms with E-state index in [9.17, 15) is 14.4 Å². The Hall–Kier alpha value is -2.57. The number of carbonyl (C=O) groups excluding carboxylic acids is 2. The molecule has 7 heteroatoms. The Labute approximate surface area is 101 Å². The van der Waals surface area contributed by atoms with E-state index >= 15 is 0 Å². The maximum Gasteiger partial charge on any atom is 0.394 e. The lowest BCUT2D eigenvalue weighted by Crippen LogP contribution is -2.22. The second kappa shape index (κ2) is 4.36. The Kier molecular flexibility index (Phi) is 2.88. The van der Waals surface area contributed by atoms with Gasteiger partial charge in [0.15, 0.2) is 17.3 Å². The number of fused-ring (bicyclic) bond motifs is 1. The van der Waals surface area contributed by atoms with Crippen LogP contribution in [0.5, 0.6) is 11.5 Å². The zero-order valence-corrected chi connectivity index (χ0v) is 9.35. The molecule has 1 heterocycles. The van der Waals surface area contributed by atoms with Crippen molar-refractivity contribution in [3.05, 3.63) is 17.7 Å². The summed E-state index contributed by atoms with van der Waals surface area (Å²) in [6.45, 7) is 1.32. The minimum atomic E-state index is -1.64. The Morgan fingerprint density at radius 3 is 2.39 bits per heavy atom. The molecule has 0 saturated carbocycles. The topological polar surface area (TPSA) is 102 Å². The highest BCUT2D eigenvalue weighted by molar-refractivity contribution is 6.36. The first-order chi connectivity index (χ1) is 8.49. The number of Topliss-reactive ketones (excluding diaryl/α,β-unsaturated/α-hetero) is 1. The van der Waals surface area contributed by atoms with Gasteiger partial charge < -0.3 is 19.9 Å². The first kappa shape index (κ1) is 11.9. The molecular weight excluding hydrogens is 242 g/mol. The highest BCUT2D eigenvalue weighted by atomic mass is 16.7. The molecule has 1 aromatic carbocycles. The molecule has 1 amide bonds. The lowest BCUT2D eigenvalue weighted by atomic mass is 10.1. The average molecular weight is 251 g/mol. The van der Waals surface area contributed by atoms with Crippen LogP contribution in [0, 0.1) is 0 Å². The third kappa shape index (κ3) is 2.10. The molecule has 0 radical (unpaired) electrons. The standard InChI is InChI=1S/C11H9NO6/c1-5(13)6-2-8-9(18-4-17-8)3-7(6)12-10(14)11(15)16/h2-3H,4H2,1H3,(H,12,14)(H,15,16). The van der Waals surface area contributed by atoms with Crippen molar-refractivity contribution in [3.8, 4) is 11.5 Å². The van der Waals surface area contributed by atoms with E-state index in [-0.39, 0.29) is 23.8 Å². The van der Waals surface area contributed by atoms with Gasteiger partial charge in [-0.2, -0.15) is 0 Å². The number of benzene rings is 1. The van der Waals surface area contributed by atoms with E-state index in [0.717, 1.165) is 0 Å². The van der Waals surface area contributed by atoms with Gasteiger partial charge >= 0.3 is 11.9 Å². The van der Waals surface area contributed by atoms with E-state index < -0.39 is 11.9 Å². The number of carbonyl (C=O) groups is 3. The number of ether oxygens (including phenoxy) is 2. The largest absolute Gasteiger partial charge is 0.474 e. The molecule has 0 unspecified atom stereocenters. The van der Waals surface area contributed by atoms with Gasteiger partial charge in [0.25, 0.3) is 0 Å². The summed E-state index contributed by atoms with van der Waals surface area (Å²) in [5.74, 6) is -2.46. The third-order valence-electron chi connectivity index (χ3n) is 2.33. The van der Waals surface area contributed by atoms with Gasteiger partial charge in [0, 0.05) is 11.6 Å². The summed E-state index contributed by atoms with van der Waals surface area (Å²) >= 11 is 0. The van der Waals surface area contributed by atoms with E-state index in [1.54, 1.807) is 0 Å². The fourth-order valence-corrected chi connectivity index (χ4v) is 1.51. The zero-order valence-electron chi connectivity index (χ0n) is 9.35. The number of nitrogens with one attached hydrogen (secondary N) is 1. The monoisotopic (exact) mass is 251 g/mol. The van der Waals surface area contributed by atoms with Crippen LogP contribution >= 0.6 is 0 Å². The van der Waals surface area contributed by atoms with Crippen LogP contribution in [-0.4, -0.2) is 29.6 Å². The number of rotatable bonds is 2. The van der Waals surface area contributed by atoms with Gasteiger partial charge in [-0.1, -0.05) is 0 Å². The highest BCUT2D eigenvalue weighted by Crippen LogP contribution is 2.37. The third-order valence-corrected chi connectivity index (χ3v) is 2.33. The van der Waals surface area contributed by atoms with Crippen LogP contribution in [0.3, 0.4) is 0 Å². The lowest BCUT2D eigenvalue weighted by Gasteiger charge is -2.08. The Morgan fingerprint density at radius 2 is 1.83 bits per heavy atom. The van der Waals surface area contributed by atoms with Crippen LogP contribution in [0.25, 0.3) is 0 Å². The Balaban J connectivity index is 2.41. The minimum Gasteiger partial charge on any atom is -0.474 e. The molecule has 1 aromatic rings. The normalized spacial score (nSPS) is 12.1. The average Bonchev–Trinajstić information content (AvgIpc) is 2.74. The molecule has 0 saturated heterocycles. The SMILES string of the molecule is CC(=O)c1cc2c(cc1NC(=O)C(=O)O)OCO2. The van der Waals surface area contributed by atoms with Gasteiger partial charge in [-0.3, -0.25) is 9.59 Å². The number of carboxylic acids is 1. The van der Waals surface area contributed by atoms with Crippen molar-refractivity contribution in [3.63, 3.8) is 0 Å². The predicted molar refractivity (Wildman–Crippen MR) is 58.8 cm³/mol. The van der Waals surface area contributed by atoms with Crippen LogP contribution in [-0.2, 0) is 9.59 Å². The fourth-order valence-electron chi connectivity index (χ4n) is 1.51. The van der Waals surface area contributed by atoms with Crippen molar-refractivity contribution in [2.45, 2.75) is 6.92 Å². The maximum atomic E-state index is 11.4. The first-order valence-corrected chi connectivity index (χ1v) is 4.98. The molecule has 94 valence electrons. The minimum absolute atomic E-state index is 0.0169. The number of aliphatic carboxylic acids is 1. The summed E-state index contributed by atoms with van der Waals surface area (Å²) < 4.78 is 10.2. The van der Waals surface area contributed by atoms with Gasteiger partial charge in [0.05, 0.1) is 5.69 Å². The van der Waals surface area contributed by atoms with Crippen molar-refractivity contribution in [1.82, 2.24) is 0 Å². The van der Waals surface area contributed by atoms with E-state index in [1.165, 1.54) is 19.1 Å². The summed E-state index contributed by atoms with van der Waals surface area (Å²) in [6, 6.07) is 2.77. The van der Waals surface area contributed by atoms with Crippen molar-refractivity contribution in [1.29, 1.82) is 0 Å². The summed E-state index contributed by atoms with van der Waals surface area (Å²) in [6.07, 6.45) is 0. The number of hydrogen-bond donors (Lipinski definition) is 2. The van der Waals surface area contributed by atoms with Gasteiger partial charge in [-0.25, -0.2) is 4.79 Å². The van der Waals surface area contributed by atoms with Crippen LogP contribution in [0.2, 0.25) is 0 Å². The van der Waals surface area contributed by atoms with E-state index in [2.05, 4.69) is 5.32 Å². The molecule has 7 nitrogen and oxygen atoms in total. The molecule has 0 aliphatic carbocycles. The van der Waals surface area contributed by atoms with E-state index in [1.807, 2.05) is 0 Å². The molecule has 0 spiro atoms. The second-order valence-electron chi connectivity index (χ2n) is 3.57. The first-order valence-electron chi connectivity index (χ1n) is 4.98. The molecule has 2 rings (SSSR count). The van der Waals surface area contributed by atoms with Gasteiger partial charge in [-0.15, -0.1) is 0 Å². The van der Waals surface area contributed by atoms with E-state index in [4.69, 9.17) is 14.6 Å². The van der Waals surface area contributed by atoms with E-state index in [0.29, 0.717) is 11.5 Å². The number of carboxylic acid groups (broad SMARTS) is 1. The molecule has 0 aromatic heterocycles. The molecule has 2 N–H and O–H groups in total.